The molecule has 7 heteroatoms. The smallest absolute Gasteiger partial charge is 0.310 e. The van der Waals surface area contributed by atoms with Crippen molar-refractivity contribution in [3.63, 3.8) is 0 Å². The molecule has 1 saturated heterocycles. The van der Waals surface area contributed by atoms with Gasteiger partial charge in [0.2, 0.25) is 0 Å². The van der Waals surface area contributed by atoms with E-state index in [1.54, 1.807) is 11.8 Å². The van der Waals surface area contributed by atoms with E-state index in [0.717, 1.165) is 12.8 Å². The molecule has 0 bridgehead atoms. The Hall–Kier alpha value is -1.82. The molecule has 6 nitrogen and oxygen atoms in total. The van der Waals surface area contributed by atoms with Crippen LogP contribution in [0, 0.1) is 5.92 Å². The summed E-state index contributed by atoms with van der Waals surface area (Å²) in [7, 11) is 0. The number of nitrogens with two attached hydrogens (primary N) is 1. The van der Waals surface area contributed by atoms with Crippen LogP contribution in [0.3, 0.4) is 0 Å². The fraction of sp³-hybridized carbons (Fsp3) is 0.500. The van der Waals surface area contributed by atoms with Crippen LogP contribution in [0.2, 0.25) is 5.15 Å². The molecule has 0 saturated carbocycles. The van der Waals surface area contributed by atoms with Crippen molar-refractivity contribution in [3.05, 3.63) is 23.0 Å². The molecule has 2 N–H and O–H groups in total. The highest BCUT2D eigenvalue weighted by atomic mass is 35.5. The van der Waals surface area contributed by atoms with Crippen molar-refractivity contribution in [2.45, 2.75) is 19.8 Å². The summed E-state index contributed by atoms with van der Waals surface area (Å²) in [6, 6.07) is 1.45. The first kappa shape index (κ1) is 15.6. The van der Waals surface area contributed by atoms with Crippen LogP contribution in [0.15, 0.2) is 12.3 Å². The number of carbonyl (C=O) groups excluding carboxylic acids is 2. The van der Waals surface area contributed by atoms with E-state index in [1.165, 1.54) is 12.3 Å². The summed E-state index contributed by atoms with van der Waals surface area (Å²) in [5.41, 5.74) is 6.38. The number of nitrogen functional groups attached to an aromatic ring is 1. The predicted octanol–water partition coefficient (Wildman–Crippen LogP) is 1.73. The van der Waals surface area contributed by atoms with Gasteiger partial charge in [-0.1, -0.05) is 11.6 Å². The molecule has 21 heavy (non-hydrogen) atoms. The van der Waals surface area contributed by atoms with Gasteiger partial charge in [0.15, 0.2) is 0 Å². The number of anilines is 1. The minimum Gasteiger partial charge on any atom is -0.466 e. The van der Waals surface area contributed by atoms with Gasteiger partial charge in [-0.2, -0.15) is 0 Å². The third-order valence-corrected chi connectivity index (χ3v) is 3.67. The summed E-state index contributed by atoms with van der Waals surface area (Å²) in [5.74, 6) is -0.761. The fourth-order valence-electron chi connectivity index (χ4n) is 2.41. The third-order valence-electron chi connectivity index (χ3n) is 3.46. The second-order valence-electron chi connectivity index (χ2n) is 4.94. The minimum atomic E-state index is -0.277. The van der Waals surface area contributed by atoms with Crippen LogP contribution in [0.25, 0.3) is 0 Å². The van der Waals surface area contributed by atoms with Gasteiger partial charge in [-0.25, -0.2) is 4.98 Å². The molecule has 0 radical (unpaired) electrons. The van der Waals surface area contributed by atoms with Crippen LogP contribution in [-0.2, 0) is 9.53 Å². The monoisotopic (exact) mass is 311 g/mol. The molecule has 2 rings (SSSR count). The number of nitrogens with zero attached hydrogens (tertiary/aromatic N) is 2. The number of ether oxygens (including phenoxy) is 1. The summed E-state index contributed by atoms with van der Waals surface area (Å²) >= 11 is 5.81. The number of piperidine rings is 1. The Labute approximate surface area is 128 Å². The first-order chi connectivity index (χ1) is 10.0. The quantitative estimate of drug-likeness (QED) is 0.678. The Balaban J connectivity index is 2.12. The maximum absolute atomic E-state index is 12.5. The van der Waals surface area contributed by atoms with Crippen molar-refractivity contribution in [1.29, 1.82) is 0 Å². The van der Waals surface area contributed by atoms with Gasteiger partial charge in [0.1, 0.15) is 5.15 Å². The van der Waals surface area contributed by atoms with E-state index in [9.17, 15) is 9.59 Å². The zero-order chi connectivity index (χ0) is 15.4. The lowest BCUT2D eigenvalue weighted by Gasteiger charge is -2.31. The maximum Gasteiger partial charge on any atom is 0.310 e. The topological polar surface area (TPSA) is 85.5 Å². The maximum atomic E-state index is 12.5. The molecule has 0 aliphatic carbocycles. The highest BCUT2D eigenvalue weighted by Gasteiger charge is 2.30. The summed E-state index contributed by atoms with van der Waals surface area (Å²) < 4.78 is 5.03. The molecule has 1 aliphatic heterocycles. The predicted molar refractivity (Wildman–Crippen MR) is 78.9 cm³/mol. The second kappa shape index (κ2) is 6.76. The normalized spacial score (nSPS) is 18.4. The van der Waals surface area contributed by atoms with Crippen molar-refractivity contribution < 1.29 is 14.3 Å². The van der Waals surface area contributed by atoms with Gasteiger partial charge >= 0.3 is 5.97 Å². The molecule has 1 unspecified atom stereocenters. The molecular weight excluding hydrogens is 294 g/mol. The van der Waals surface area contributed by atoms with Gasteiger partial charge in [0, 0.05) is 13.1 Å². The van der Waals surface area contributed by atoms with E-state index in [2.05, 4.69) is 4.98 Å². The number of hydrogen-bond acceptors (Lipinski definition) is 5. The van der Waals surface area contributed by atoms with Gasteiger partial charge in [-0.3, -0.25) is 9.59 Å². The molecule has 1 amide bonds. The molecule has 1 aromatic rings. The van der Waals surface area contributed by atoms with Gasteiger partial charge in [-0.05, 0) is 25.8 Å². The number of amides is 1. The van der Waals surface area contributed by atoms with Gasteiger partial charge in [-0.15, -0.1) is 0 Å². The molecule has 114 valence electrons. The lowest BCUT2D eigenvalue weighted by molar-refractivity contribution is -0.149. The standard InChI is InChI=1S/C14H18ClN3O3/c1-2-21-14(20)9-4-3-5-18(8-9)13(19)10-6-12(15)17-7-11(10)16/h6-7,9H,2-5,8,16H2,1H3. The molecule has 1 aliphatic rings. The number of hydrogen-bond donors (Lipinski definition) is 1. The average Bonchev–Trinajstić information content (AvgIpc) is 2.49. The van der Waals surface area contributed by atoms with Crippen molar-refractivity contribution in [3.8, 4) is 0 Å². The highest BCUT2D eigenvalue weighted by molar-refractivity contribution is 6.29. The third kappa shape index (κ3) is 3.64. The van der Waals surface area contributed by atoms with Crippen LogP contribution < -0.4 is 5.73 Å². The van der Waals surface area contributed by atoms with Crippen LogP contribution in [0.1, 0.15) is 30.1 Å². The number of likely N-dealkylation sites (tertiary alicyclic amines) is 1. The zero-order valence-electron chi connectivity index (χ0n) is 11.8. The van der Waals surface area contributed by atoms with Crippen molar-refractivity contribution >= 4 is 29.2 Å². The minimum absolute atomic E-state index is 0.214. The first-order valence-electron chi connectivity index (χ1n) is 6.89. The molecular formula is C14H18ClN3O3. The fourth-order valence-corrected chi connectivity index (χ4v) is 2.57. The molecule has 1 fully saturated rings. The van der Waals surface area contributed by atoms with E-state index in [-0.39, 0.29) is 28.6 Å². The van der Waals surface area contributed by atoms with E-state index in [0.29, 0.717) is 25.3 Å². The van der Waals surface area contributed by atoms with Crippen molar-refractivity contribution in [2.24, 2.45) is 5.92 Å². The Morgan fingerprint density at radius 2 is 2.33 bits per heavy atom. The Morgan fingerprint density at radius 1 is 1.57 bits per heavy atom. The van der Waals surface area contributed by atoms with Crippen LogP contribution in [0.4, 0.5) is 5.69 Å². The summed E-state index contributed by atoms with van der Waals surface area (Å²) in [4.78, 5) is 29.8. The van der Waals surface area contributed by atoms with Gasteiger partial charge < -0.3 is 15.4 Å². The lowest BCUT2D eigenvalue weighted by atomic mass is 9.97. The number of esters is 1. The zero-order valence-corrected chi connectivity index (χ0v) is 12.6. The Morgan fingerprint density at radius 3 is 3.05 bits per heavy atom. The van der Waals surface area contributed by atoms with Gasteiger partial charge in [0.05, 0.1) is 30.0 Å². The van der Waals surface area contributed by atoms with E-state index >= 15 is 0 Å². The molecule has 1 aromatic heterocycles. The second-order valence-corrected chi connectivity index (χ2v) is 5.32. The largest absolute Gasteiger partial charge is 0.466 e. The lowest BCUT2D eigenvalue weighted by Crippen LogP contribution is -2.43. The number of halogens is 1. The molecule has 0 spiro atoms. The average molecular weight is 312 g/mol. The number of carbonyl (C=O) groups is 2. The van der Waals surface area contributed by atoms with E-state index in [1.807, 2.05) is 0 Å². The summed E-state index contributed by atoms with van der Waals surface area (Å²) in [6.07, 6.45) is 2.85. The van der Waals surface area contributed by atoms with Crippen molar-refractivity contribution in [1.82, 2.24) is 9.88 Å². The number of pyridine rings is 1. The van der Waals surface area contributed by atoms with Gasteiger partial charge in [0.25, 0.3) is 5.91 Å². The highest BCUT2D eigenvalue weighted by Crippen LogP contribution is 2.23. The molecule has 0 aromatic carbocycles. The summed E-state index contributed by atoms with van der Waals surface area (Å²) in [5, 5.41) is 0.214. The van der Waals surface area contributed by atoms with E-state index in [4.69, 9.17) is 22.1 Å². The SMILES string of the molecule is CCOC(=O)C1CCCN(C(=O)c2cc(Cl)ncc2N)C1. The number of aromatic nitrogens is 1. The van der Waals surface area contributed by atoms with Crippen LogP contribution in [0.5, 0.6) is 0 Å². The summed E-state index contributed by atoms with van der Waals surface area (Å²) in [6.45, 7) is 3.05. The van der Waals surface area contributed by atoms with E-state index < -0.39 is 0 Å². The molecule has 1 atom stereocenters. The Kier molecular flexibility index (Phi) is 5.01. The first-order valence-corrected chi connectivity index (χ1v) is 7.27. The van der Waals surface area contributed by atoms with Crippen molar-refractivity contribution in [2.75, 3.05) is 25.4 Å². The molecule has 2 heterocycles. The van der Waals surface area contributed by atoms with Crippen LogP contribution >= 0.6 is 11.6 Å². The van der Waals surface area contributed by atoms with Crippen LogP contribution in [-0.4, -0.2) is 41.5 Å². The Bertz CT molecular complexity index is 550. The number of rotatable bonds is 3.